The first-order chi connectivity index (χ1) is 7.38. The zero-order valence-corrected chi connectivity index (χ0v) is 9.03. The van der Waals surface area contributed by atoms with Gasteiger partial charge in [-0.25, -0.2) is 4.98 Å². The number of nitrogen functional groups attached to an aromatic ring is 2. The maximum atomic E-state index is 11.8. The molecular weight excluding hydrogens is 241 g/mol. The Balaban J connectivity index is 2.35. The van der Waals surface area contributed by atoms with E-state index in [0.717, 1.165) is 0 Å². The number of rotatable bonds is 4. The zero-order chi connectivity index (χ0) is 12.2. The van der Waals surface area contributed by atoms with Crippen molar-refractivity contribution in [1.82, 2.24) is 4.98 Å². The van der Waals surface area contributed by atoms with E-state index in [1.165, 1.54) is 0 Å². The smallest absolute Gasteiger partial charge is 0.396 e. The molecule has 0 amide bonds. The molecule has 16 heavy (non-hydrogen) atoms. The van der Waals surface area contributed by atoms with Crippen LogP contribution in [0.2, 0.25) is 0 Å². The highest BCUT2D eigenvalue weighted by molar-refractivity contribution is 8.00. The Hall–Kier alpha value is -1.31. The van der Waals surface area contributed by atoms with Crippen molar-refractivity contribution in [3.63, 3.8) is 0 Å². The molecule has 0 bridgehead atoms. The molecule has 0 fully saturated rings. The van der Waals surface area contributed by atoms with Gasteiger partial charge in [-0.15, -0.1) is 0 Å². The average Bonchev–Trinajstić information content (AvgIpc) is 2.17. The lowest BCUT2D eigenvalue weighted by atomic mass is 10.4. The van der Waals surface area contributed by atoms with Gasteiger partial charge in [0.25, 0.3) is 0 Å². The molecule has 5 N–H and O–H groups in total. The van der Waals surface area contributed by atoms with Crippen molar-refractivity contribution < 1.29 is 13.2 Å². The molecule has 8 heteroatoms. The van der Waals surface area contributed by atoms with Crippen LogP contribution < -0.4 is 16.8 Å². The number of hydrogen-bond acceptors (Lipinski definition) is 5. The lowest BCUT2D eigenvalue weighted by molar-refractivity contribution is -0.0327. The fourth-order valence-electron chi connectivity index (χ4n) is 0.930. The molecule has 0 spiro atoms. The molecular formula is C8H11F3N4S. The van der Waals surface area contributed by atoms with Crippen LogP contribution in [-0.2, 0) is 0 Å². The van der Waals surface area contributed by atoms with E-state index in [4.69, 9.17) is 11.5 Å². The van der Waals surface area contributed by atoms with Gasteiger partial charge in [0.05, 0.1) is 5.69 Å². The van der Waals surface area contributed by atoms with Gasteiger partial charge in [-0.2, -0.15) is 13.2 Å². The number of pyridine rings is 1. The van der Waals surface area contributed by atoms with Crippen LogP contribution in [0, 0.1) is 0 Å². The van der Waals surface area contributed by atoms with Crippen LogP contribution in [0.3, 0.4) is 0 Å². The third kappa shape index (κ3) is 4.47. The first kappa shape index (κ1) is 12.8. The van der Waals surface area contributed by atoms with Gasteiger partial charge in [-0.3, -0.25) is 0 Å². The van der Waals surface area contributed by atoms with E-state index in [-0.39, 0.29) is 29.9 Å². The van der Waals surface area contributed by atoms with Gasteiger partial charge >= 0.3 is 5.51 Å². The molecule has 0 unspecified atom stereocenters. The van der Waals surface area contributed by atoms with Crippen LogP contribution in [0.4, 0.5) is 30.5 Å². The Morgan fingerprint density at radius 1 is 1.31 bits per heavy atom. The van der Waals surface area contributed by atoms with Crippen LogP contribution in [0.15, 0.2) is 12.1 Å². The Kier molecular flexibility index (Phi) is 4.11. The normalized spacial score (nSPS) is 11.4. The van der Waals surface area contributed by atoms with Gasteiger partial charge in [0.15, 0.2) is 0 Å². The molecule has 1 aromatic rings. The van der Waals surface area contributed by atoms with Gasteiger partial charge in [0.2, 0.25) is 0 Å². The highest BCUT2D eigenvalue weighted by atomic mass is 32.2. The number of thioether (sulfide) groups is 1. The van der Waals surface area contributed by atoms with Crippen molar-refractivity contribution in [3.05, 3.63) is 12.1 Å². The molecule has 1 heterocycles. The Labute approximate surface area is 94.6 Å². The second-order valence-corrected chi connectivity index (χ2v) is 4.05. The molecule has 0 saturated carbocycles. The number of alkyl halides is 3. The van der Waals surface area contributed by atoms with Crippen LogP contribution in [0.1, 0.15) is 0 Å². The van der Waals surface area contributed by atoms with E-state index in [1.807, 2.05) is 0 Å². The summed E-state index contributed by atoms with van der Waals surface area (Å²) in [5.41, 5.74) is 7.01. The number of hydrogen-bond donors (Lipinski definition) is 3. The number of nitrogens with two attached hydrogens (primary N) is 2. The second-order valence-electron chi connectivity index (χ2n) is 2.89. The number of halogens is 3. The molecule has 0 aliphatic carbocycles. The molecule has 4 nitrogen and oxygen atoms in total. The van der Waals surface area contributed by atoms with E-state index in [0.29, 0.717) is 11.5 Å². The third-order valence-electron chi connectivity index (χ3n) is 1.63. The number of nitrogens with one attached hydrogen (secondary N) is 1. The summed E-state index contributed by atoms with van der Waals surface area (Å²) >= 11 is -0.0861. The largest absolute Gasteiger partial charge is 0.441 e. The number of nitrogens with zero attached hydrogens (tertiary/aromatic N) is 1. The summed E-state index contributed by atoms with van der Waals surface area (Å²) < 4.78 is 35.3. The van der Waals surface area contributed by atoms with Crippen LogP contribution in [0.25, 0.3) is 0 Å². The summed E-state index contributed by atoms with van der Waals surface area (Å²) in [6.45, 7) is 0.153. The van der Waals surface area contributed by atoms with Crippen molar-refractivity contribution in [2.75, 3.05) is 29.1 Å². The molecule has 0 atom stereocenters. The molecule has 90 valence electrons. The minimum atomic E-state index is -4.20. The standard InChI is InChI=1S/C8H11F3N4S/c9-8(10,11)16-4-3-14-6-2-1-5(12)7(13)15-6/h1-2H,3-4,12H2,(H3,13,14,15). The summed E-state index contributed by atoms with van der Waals surface area (Å²) in [6, 6.07) is 3.10. The van der Waals surface area contributed by atoms with E-state index < -0.39 is 5.51 Å². The summed E-state index contributed by atoms with van der Waals surface area (Å²) in [5.74, 6) is 0.484. The Morgan fingerprint density at radius 3 is 2.56 bits per heavy atom. The first-order valence-electron chi connectivity index (χ1n) is 4.35. The van der Waals surface area contributed by atoms with Crippen LogP contribution in [-0.4, -0.2) is 22.8 Å². The maximum Gasteiger partial charge on any atom is 0.441 e. The summed E-state index contributed by atoms with van der Waals surface area (Å²) in [5, 5.41) is 2.72. The number of anilines is 3. The topological polar surface area (TPSA) is 77.0 Å². The van der Waals surface area contributed by atoms with Gasteiger partial charge in [-0.05, 0) is 23.9 Å². The van der Waals surface area contributed by atoms with Crippen molar-refractivity contribution in [2.45, 2.75) is 5.51 Å². The average molecular weight is 252 g/mol. The molecule has 0 aliphatic rings. The summed E-state index contributed by atoms with van der Waals surface area (Å²) in [7, 11) is 0. The van der Waals surface area contributed by atoms with Crippen molar-refractivity contribution >= 4 is 29.1 Å². The van der Waals surface area contributed by atoms with E-state index in [9.17, 15) is 13.2 Å². The van der Waals surface area contributed by atoms with Gasteiger partial charge in [-0.1, -0.05) is 0 Å². The summed E-state index contributed by atoms with van der Waals surface area (Å²) in [4.78, 5) is 3.86. The second kappa shape index (κ2) is 5.15. The minimum Gasteiger partial charge on any atom is -0.396 e. The summed E-state index contributed by atoms with van der Waals surface area (Å²) in [6.07, 6.45) is 0. The Bertz CT molecular complexity index is 356. The van der Waals surface area contributed by atoms with Crippen LogP contribution >= 0.6 is 11.8 Å². The molecule has 0 saturated heterocycles. The Morgan fingerprint density at radius 2 is 2.00 bits per heavy atom. The first-order valence-corrected chi connectivity index (χ1v) is 5.33. The highest BCUT2D eigenvalue weighted by Crippen LogP contribution is 2.29. The third-order valence-corrected chi connectivity index (χ3v) is 2.37. The zero-order valence-electron chi connectivity index (χ0n) is 8.21. The number of aromatic nitrogens is 1. The van der Waals surface area contributed by atoms with Gasteiger partial charge in [0.1, 0.15) is 11.6 Å². The molecule has 1 rings (SSSR count). The van der Waals surface area contributed by atoms with E-state index in [1.54, 1.807) is 12.1 Å². The predicted molar refractivity (Wildman–Crippen MR) is 60.1 cm³/mol. The van der Waals surface area contributed by atoms with Crippen LogP contribution in [0.5, 0.6) is 0 Å². The van der Waals surface area contributed by atoms with E-state index in [2.05, 4.69) is 10.3 Å². The SMILES string of the molecule is Nc1ccc(NCCSC(F)(F)F)nc1N. The monoisotopic (exact) mass is 252 g/mol. The van der Waals surface area contributed by atoms with Crippen molar-refractivity contribution in [3.8, 4) is 0 Å². The highest BCUT2D eigenvalue weighted by Gasteiger charge is 2.27. The molecule has 0 aliphatic heterocycles. The lowest BCUT2D eigenvalue weighted by Gasteiger charge is -2.08. The van der Waals surface area contributed by atoms with Gasteiger partial charge in [0, 0.05) is 12.3 Å². The predicted octanol–water partition coefficient (Wildman–Crippen LogP) is 1.91. The molecule has 0 aromatic carbocycles. The quantitative estimate of drug-likeness (QED) is 0.713. The fraction of sp³-hybridized carbons (Fsp3) is 0.375. The molecule has 0 radical (unpaired) electrons. The fourth-order valence-corrected chi connectivity index (χ4v) is 1.37. The maximum absolute atomic E-state index is 11.8. The lowest BCUT2D eigenvalue weighted by Crippen LogP contribution is -2.11. The van der Waals surface area contributed by atoms with Crippen molar-refractivity contribution in [1.29, 1.82) is 0 Å². The van der Waals surface area contributed by atoms with E-state index >= 15 is 0 Å². The minimum absolute atomic E-state index is 0.0861. The van der Waals surface area contributed by atoms with Gasteiger partial charge < -0.3 is 16.8 Å². The molecule has 1 aromatic heterocycles. The van der Waals surface area contributed by atoms with Crippen molar-refractivity contribution in [2.24, 2.45) is 0 Å².